The van der Waals surface area contributed by atoms with Gasteiger partial charge in [0, 0.05) is 4.88 Å². The highest BCUT2D eigenvalue weighted by molar-refractivity contribution is 7.10. The summed E-state index contributed by atoms with van der Waals surface area (Å²) in [6.07, 6.45) is 0.499. The third-order valence-electron chi connectivity index (χ3n) is 1.54. The van der Waals surface area contributed by atoms with E-state index in [2.05, 4.69) is 5.32 Å². The molecule has 0 radical (unpaired) electrons. The molecular formula is C8H13NOS. The minimum atomic E-state index is -0.289. The van der Waals surface area contributed by atoms with Crippen molar-refractivity contribution in [1.82, 2.24) is 5.32 Å². The van der Waals surface area contributed by atoms with Crippen LogP contribution in [0.1, 0.15) is 17.4 Å². The van der Waals surface area contributed by atoms with Crippen LogP contribution < -0.4 is 5.32 Å². The van der Waals surface area contributed by atoms with Crippen LogP contribution in [0.25, 0.3) is 0 Å². The maximum Gasteiger partial charge on any atom is 0.0894 e. The average molecular weight is 173 g/mol. The van der Waals surface area contributed by atoms with Crippen molar-refractivity contribution in [2.24, 2.45) is 0 Å². The summed E-state index contributed by atoms with van der Waals surface area (Å²) in [5.41, 5.74) is 0. The molecule has 0 unspecified atom stereocenters. The Balaban J connectivity index is 2.36. The van der Waals surface area contributed by atoms with Crippen LogP contribution in [-0.2, 0) is 0 Å². The number of thiophene rings is 1. The van der Waals surface area contributed by atoms with E-state index in [0.29, 0.717) is 0 Å². The molecule has 2 nitrogen and oxygen atoms in total. The standard InChI is InChI=1S/C8H13NOS/c1-9-5-4-7(10)8-3-2-6-11-8/h2-3,6-7,9-10H,4-5H2,1H3/t7-/m0/s1/i7+2. The van der Waals surface area contributed by atoms with Crippen molar-refractivity contribution in [3.8, 4) is 0 Å². The Labute approximate surface area is 70.9 Å². The first-order valence-electron chi connectivity index (χ1n) is 3.70. The maximum atomic E-state index is 9.51. The number of hydrogen-bond acceptors (Lipinski definition) is 3. The lowest BCUT2D eigenvalue weighted by molar-refractivity contribution is 0.171. The Morgan fingerprint density at radius 2 is 2.55 bits per heavy atom. The molecule has 11 heavy (non-hydrogen) atoms. The Morgan fingerprint density at radius 1 is 1.73 bits per heavy atom. The summed E-state index contributed by atoms with van der Waals surface area (Å²) < 4.78 is 0. The Hall–Kier alpha value is -0.380. The highest BCUT2D eigenvalue weighted by Gasteiger charge is 2.06. The van der Waals surface area contributed by atoms with Gasteiger partial charge >= 0.3 is 0 Å². The predicted octanol–water partition coefficient (Wildman–Crippen LogP) is 1.39. The molecule has 0 amide bonds. The van der Waals surface area contributed by atoms with Gasteiger partial charge in [-0.25, -0.2) is 0 Å². The van der Waals surface area contributed by atoms with E-state index in [9.17, 15) is 5.11 Å². The second kappa shape index (κ2) is 4.49. The summed E-state index contributed by atoms with van der Waals surface area (Å²) in [5.74, 6) is 0. The number of aliphatic hydroxyl groups excluding tert-OH is 1. The van der Waals surface area contributed by atoms with Gasteiger partial charge in [0.25, 0.3) is 0 Å². The van der Waals surface area contributed by atoms with Gasteiger partial charge in [-0.05, 0) is 31.5 Å². The first kappa shape index (κ1) is 8.71. The molecule has 0 aliphatic heterocycles. The van der Waals surface area contributed by atoms with E-state index < -0.39 is 0 Å². The number of hydrogen-bond donors (Lipinski definition) is 2. The topological polar surface area (TPSA) is 32.3 Å². The lowest BCUT2D eigenvalue weighted by Crippen LogP contribution is -2.11. The molecule has 0 spiro atoms. The van der Waals surface area contributed by atoms with E-state index in [1.54, 1.807) is 11.3 Å². The molecule has 2 N–H and O–H groups in total. The number of aliphatic hydroxyl groups is 1. The maximum absolute atomic E-state index is 9.51. The Kier molecular flexibility index (Phi) is 3.56. The van der Waals surface area contributed by atoms with Gasteiger partial charge in [-0.2, -0.15) is 0 Å². The van der Waals surface area contributed by atoms with Gasteiger partial charge in [0.1, 0.15) is 0 Å². The van der Waals surface area contributed by atoms with Crippen LogP contribution in [0, 0.1) is 0 Å². The lowest BCUT2D eigenvalue weighted by atomic mass is 10.5. The van der Waals surface area contributed by atoms with Crippen molar-refractivity contribution in [3.05, 3.63) is 22.4 Å². The predicted molar refractivity (Wildman–Crippen MR) is 47.8 cm³/mol. The van der Waals surface area contributed by atoms with Gasteiger partial charge in [0.05, 0.1) is 6.10 Å². The van der Waals surface area contributed by atoms with Gasteiger partial charge in [0.2, 0.25) is 0 Å². The van der Waals surface area contributed by atoms with Crippen LogP contribution in [0.5, 0.6) is 0 Å². The summed E-state index contributed by atoms with van der Waals surface area (Å²) in [4.78, 5) is 1.06. The second-order valence-corrected chi connectivity index (χ2v) is 3.40. The molecule has 1 atom stereocenters. The summed E-state index contributed by atoms with van der Waals surface area (Å²) in [5, 5.41) is 14.5. The quantitative estimate of drug-likeness (QED) is 0.721. The van der Waals surface area contributed by atoms with Crippen LogP contribution in [0.3, 0.4) is 0 Å². The molecule has 0 saturated carbocycles. The molecular weight excluding hydrogens is 160 g/mol. The largest absolute Gasteiger partial charge is 0.388 e. The third-order valence-corrected chi connectivity index (χ3v) is 2.51. The summed E-state index contributed by atoms with van der Waals surface area (Å²) in [6.45, 7) is 0.860. The van der Waals surface area contributed by atoms with Crippen molar-refractivity contribution < 1.29 is 5.11 Å². The minimum Gasteiger partial charge on any atom is -0.388 e. The van der Waals surface area contributed by atoms with Gasteiger partial charge in [-0.3, -0.25) is 0 Å². The molecule has 1 rings (SSSR count). The molecule has 1 heterocycles. The molecule has 0 fully saturated rings. The van der Waals surface area contributed by atoms with E-state index in [-0.39, 0.29) is 6.10 Å². The highest BCUT2D eigenvalue weighted by Crippen LogP contribution is 2.20. The summed E-state index contributed by atoms with van der Waals surface area (Å²) in [6, 6.07) is 3.92. The van der Waals surface area contributed by atoms with Crippen molar-refractivity contribution in [2.45, 2.75) is 12.5 Å². The van der Waals surface area contributed by atoms with Crippen LogP contribution in [0.2, 0.25) is 0 Å². The molecule has 0 saturated heterocycles. The molecule has 0 aliphatic rings. The van der Waals surface area contributed by atoms with E-state index in [1.165, 1.54) is 0 Å². The zero-order chi connectivity index (χ0) is 8.10. The molecule has 0 aromatic carbocycles. The minimum absolute atomic E-state index is 0.289. The molecule has 62 valence electrons. The summed E-state index contributed by atoms with van der Waals surface area (Å²) in [7, 11) is 1.89. The van der Waals surface area contributed by atoms with Crippen molar-refractivity contribution in [3.63, 3.8) is 0 Å². The van der Waals surface area contributed by atoms with E-state index in [1.807, 2.05) is 24.6 Å². The summed E-state index contributed by atoms with van der Waals surface area (Å²) >= 11 is 1.60. The zero-order valence-electron chi connectivity index (χ0n) is 6.58. The fourth-order valence-electron chi connectivity index (χ4n) is 0.904. The monoisotopic (exact) mass is 173 g/mol. The average Bonchev–Trinajstić information content (AvgIpc) is 2.52. The van der Waals surface area contributed by atoms with Crippen LogP contribution >= 0.6 is 11.3 Å². The van der Waals surface area contributed by atoms with Crippen LogP contribution in [-0.4, -0.2) is 18.7 Å². The smallest absolute Gasteiger partial charge is 0.0894 e. The fraction of sp³-hybridized carbons (Fsp3) is 0.500. The second-order valence-electron chi connectivity index (χ2n) is 2.42. The van der Waals surface area contributed by atoms with Crippen molar-refractivity contribution in [2.75, 3.05) is 13.6 Å². The van der Waals surface area contributed by atoms with Gasteiger partial charge in [-0.15, -0.1) is 11.3 Å². The Morgan fingerprint density at radius 3 is 3.09 bits per heavy atom. The van der Waals surface area contributed by atoms with Gasteiger partial charge in [-0.1, -0.05) is 6.07 Å². The van der Waals surface area contributed by atoms with Gasteiger partial charge < -0.3 is 10.4 Å². The first-order chi connectivity index (χ1) is 5.34. The molecule has 3 heteroatoms. The Bertz CT molecular complexity index is 186. The molecule has 0 aliphatic carbocycles. The fourth-order valence-corrected chi connectivity index (χ4v) is 1.65. The van der Waals surface area contributed by atoms with Gasteiger partial charge in [0.15, 0.2) is 0 Å². The van der Waals surface area contributed by atoms with E-state index in [4.69, 9.17) is 0 Å². The third kappa shape index (κ3) is 2.61. The molecule has 1 aromatic heterocycles. The number of nitrogens with one attached hydrogen (secondary N) is 1. The zero-order valence-corrected chi connectivity index (χ0v) is 7.40. The molecule has 0 bridgehead atoms. The van der Waals surface area contributed by atoms with E-state index >= 15 is 0 Å². The highest BCUT2D eigenvalue weighted by atomic mass is 32.1. The van der Waals surface area contributed by atoms with Crippen molar-refractivity contribution >= 4 is 11.3 Å². The first-order valence-corrected chi connectivity index (χ1v) is 4.58. The normalized spacial score (nSPS) is 13.3. The van der Waals surface area contributed by atoms with E-state index in [0.717, 1.165) is 17.8 Å². The van der Waals surface area contributed by atoms with Crippen LogP contribution in [0.15, 0.2) is 17.5 Å². The number of rotatable bonds is 4. The van der Waals surface area contributed by atoms with Crippen LogP contribution in [0.4, 0.5) is 0 Å². The molecule has 1 aromatic rings. The lowest BCUT2D eigenvalue weighted by Gasteiger charge is -2.06. The van der Waals surface area contributed by atoms with Crippen molar-refractivity contribution in [1.29, 1.82) is 0 Å². The SMILES string of the molecule is CNCC[14C@H](O)c1cccs1.